The predicted octanol–water partition coefficient (Wildman–Crippen LogP) is 1.03. The SMILES string of the molecule is CCNC(=NCCNC(=O)C1CC1)NC1C2CCOC2C12CCC2. The molecular weight excluding hydrogens is 304 g/mol. The van der Waals surface area contributed by atoms with Crippen molar-refractivity contribution < 1.29 is 9.53 Å². The van der Waals surface area contributed by atoms with E-state index >= 15 is 0 Å². The molecule has 0 aromatic heterocycles. The van der Waals surface area contributed by atoms with E-state index in [1.807, 2.05) is 0 Å². The number of hydrogen-bond acceptors (Lipinski definition) is 3. The Labute approximate surface area is 144 Å². The van der Waals surface area contributed by atoms with Crippen LogP contribution in [0.3, 0.4) is 0 Å². The van der Waals surface area contributed by atoms with Crippen molar-refractivity contribution in [2.75, 3.05) is 26.2 Å². The smallest absolute Gasteiger partial charge is 0.223 e. The molecule has 1 amide bonds. The largest absolute Gasteiger partial charge is 0.377 e. The van der Waals surface area contributed by atoms with Gasteiger partial charge in [0.15, 0.2) is 5.96 Å². The maximum Gasteiger partial charge on any atom is 0.223 e. The second-order valence-electron chi connectivity index (χ2n) is 7.78. The third-order valence-corrected chi connectivity index (χ3v) is 6.30. The average molecular weight is 334 g/mol. The normalized spacial score (nSPS) is 33.4. The number of aliphatic imine (C=N–C) groups is 1. The average Bonchev–Trinajstić information content (AvgIpc) is 3.29. The molecule has 6 nitrogen and oxygen atoms in total. The number of carbonyl (C=O) groups excluding carboxylic acids is 1. The lowest BCUT2D eigenvalue weighted by molar-refractivity contribution is -0.171. The van der Waals surface area contributed by atoms with Gasteiger partial charge in [0.1, 0.15) is 0 Å². The summed E-state index contributed by atoms with van der Waals surface area (Å²) in [6.07, 6.45) is 7.63. The molecule has 1 heterocycles. The van der Waals surface area contributed by atoms with Gasteiger partial charge in [-0.3, -0.25) is 9.79 Å². The maximum absolute atomic E-state index is 11.7. The second-order valence-corrected chi connectivity index (χ2v) is 7.78. The van der Waals surface area contributed by atoms with Gasteiger partial charge in [0.25, 0.3) is 0 Å². The minimum absolute atomic E-state index is 0.196. The molecular formula is C18H30N4O2. The summed E-state index contributed by atoms with van der Waals surface area (Å²) in [6, 6.07) is 0.498. The van der Waals surface area contributed by atoms with Crippen LogP contribution in [0.1, 0.15) is 45.4 Å². The zero-order valence-electron chi connectivity index (χ0n) is 14.6. The molecule has 0 radical (unpaired) electrons. The number of nitrogens with one attached hydrogen (secondary N) is 3. The number of amides is 1. The monoisotopic (exact) mass is 334 g/mol. The Morgan fingerprint density at radius 2 is 2.08 bits per heavy atom. The van der Waals surface area contributed by atoms with Crippen LogP contribution in [-0.4, -0.2) is 50.3 Å². The molecule has 1 spiro atoms. The van der Waals surface area contributed by atoms with Crippen molar-refractivity contribution in [3.8, 4) is 0 Å². The standard InChI is InChI=1S/C18H30N4O2/c1-2-19-17(21-10-9-20-16(23)12-4-5-12)22-14-13-6-11-24-15(13)18(14)7-3-8-18/h12-15H,2-11H2,1H3,(H,20,23)(H2,19,21,22). The zero-order chi connectivity index (χ0) is 16.6. The number of hydrogen-bond donors (Lipinski definition) is 3. The second kappa shape index (κ2) is 6.54. The van der Waals surface area contributed by atoms with E-state index in [0.717, 1.165) is 32.0 Å². The van der Waals surface area contributed by atoms with Gasteiger partial charge in [-0.05, 0) is 39.0 Å². The molecule has 134 valence electrons. The lowest BCUT2D eigenvalue weighted by Crippen LogP contribution is -2.72. The van der Waals surface area contributed by atoms with Crippen LogP contribution in [0, 0.1) is 17.3 Å². The van der Waals surface area contributed by atoms with Crippen molar-refractivity contribution in [2.45, 2.75) is 57.6 Å². The van der Waals surface area contributed by atoms with Crippen molar-refractivity contribution >= 4 is 11.9 Å². The van der Waals surface area contributed by atoms with E-state index in [0.29, 0.717) is 36.6 Å². The quantitative estimate of drug-likeness (QED) is 0.385. The van der Waals surface area contributed by atoms with Crippen LogP contribution in [0.15, 0.2) is 4.99 Å². The van der Waals surface area contributed by atoms with Crippen LogP contribution in [0.25, 0.3) is 0 Å². The van der Waals surface area contributed by atoms with Gasteiger partial charge in [0.05, 0.1) is 12.6 Å². The van der Waals surface area contributed by atoms with E-state index < -0.39 is 0 Å². The van der Waals surface area contributed by atoms with Gasteiger partial charge < -0.3 is 20.7 Å². The fourth-order valence-electron chi connectivity index (χ4n) is 4.76. The van der Waals surface area contributed by atoms with Crippen LogP contribution < -0.4 is 16.0 Å². The Hall–Kier alpha value is -1.30. The summed E-state index contributed by atoms with van der Waals surface area (Å²) >= 11 is 0. The zero-order valence-corrected chi connectivity index (χ0v) is 14.6. The summed E-state index contributed by atoms with van der Waals surface area (Å²) in [5.41, 5.74) is 0.359. The van der Waals surface area contributed by atoms with Crippen molar-refractivity contribution in [3.63, 3.8) is 0 Å². The van der Waals surface area contributed by atoms with Crippen molar-refractivity contribution in [2.24, 2.45) is 22.2 Å². The third-order valence-electron chi connectivity index (χ3n) is 6.30. The summed E-state index contributed by atoms with van der Waals surface area (Å²) in [5.74, 6) is 2.00. The van der Waals surface area contributed by atoms with Crippen molar-refractivity contribution in [3.05, 3.63) is 0 Å². The fraction of sp³-hybridized carbons (Fsp3) is 0.889. The van der Waals surface area contributed by atoms with Gasteiger partial charge in [0.2, 0.25) is 5.91 Å². The highest BCUT2D eigenvalue weighted by Gasteiger charge is 2.66. The molecule has 3 saturated carbocycles. The first-order valence-corrected chi connectivity index (χ1v) is 9.69. The molecule has 3 unspecified atom stereocenters. The first kappa shape index (κ1) is 16.2. The molecule has 0 aromatic carbocycles. The predicted molar refractivity (Wildman–Crippen MR) is 92.8 cm³/mol. The van der Waals surface area contributed by atoms with Crippen LogP contribution in [0.2, 0.25) is 0 Å². The molecule has 0 aromatic rings. The Morgan fingerprint density at radius 3 is 2.75 bits per heavy atom. The highest BCUT2D eigenvalue weighted by atomic mass is 16.5. The summed E-state index contributed by atoms with van der Waals surface area (Å²) in [7, 11) is 0. The molecule has 3 N–H and O–H groups in total. The molecule has 3 aliphatic carbocycles. The fourth-order valence-corrected chi connectivity index (χ4v) is 4.76. The molecule has 0 bridgehead atoms. The lowest BCUT2D eigenvalue weighted by Gasteiger charge is -2.63. The van der Waals surface area contributed by atoms with E-state index in [9.17, 15) is 4.79 Å². The van der Waals surface area contributed by atoms with E-state index in [1.54, 1.807) is 0 Å². The summed E-state index contributed by atoms with van der Waals surface area (Å²) in [5, 5.41) is 10.0. The lowest BCUT2D eigenvalue weighted by atomic mass is 9.46. The Morgan fingerprint density at radius 1 is 1.25 bits per heavy atom. The maximum atomic E-state index is 11.7. The number of carbonyl (C=O) groups is 1. The topological polar surface area (TPSA) is 74.8 Å². The van der Waals surface area contributed by atoms with Crippen LogP contribution in [0.4, 0.5) is 0 Å². The summed E-state index contributed by atoms with van der Waals surface area (Å²) in [4.78, 5) is 16.3. The van der Waals surface area contributed by atoms with Gasteiger partial charge in [-0.2, -0.15) is 0 Å². The Balaban J connectivity index is 1.31. The first-order valence-electron chi connectivity index (χ1n) is 9.69. The molecule has 4 aliphatic rings. The summed E-state index contributed by atoms with van der Waals surface area (Å²) in [6.45, 7) is 5.10. The van der Waals surface area contributed by atoms with Crippen LogP contribution >= 0.6 is 0 Å². The van der Waals surface area contributed by atoms with Gasteiger partial charge >= 0.3 is 0 Å². The Bertz CT molecular complexity index is 513. The molecule has 6 heteroatoms. The molecule has 24 heavy (non-hydrogen) atoms. The minimum atomic E-state index is 0.196. The number of fused-ring (bicyclic) bond motifs is 2. The van der Waals surface area contributed by atoms with Gasteiger partial charge in [-0.25, -0.2) is 0 Å². The van der Waals surface area contributed by atoms with Crippen LogP contribution in [0.5, 0.6) is 0 Å². The van der Waals surface area contributed by atoms with Crippen LogP contribution in [-0.2, 0) is 9.53 Å². The molecule has 1 aliphatic heterocycles. The Kier molecular flexibility index (Phi) is 4.41. The highest BCUT2D eigenvalue weighted by Crippen LogP contribution is 2.62. The summed E-state index contributed by atoms with van der Waals surface area (Å²) < 4.78 is 5.99. The molecule has 4 rings (SSSR count). The number of rotatable bonds is 6. The van der Waals surface area contributed by atoms with Gasteiger partial charge in [-0.1, -0.05) is 6.42 Å². The third kappa shape index (κ3) is 2.79. The molecule has 3 atom stereocenters. The minimum Gasteiger partial charge on any atom is -0.377 e. The van der Waals surface area contributed by atoms with Crippen molar-refractivity contribution in [1.82, 2.24) is 16.0 Å². The molecule has 4 fully saturated rings. The number of nitrogens with zero attached hydrogens (tertiary/aromatic N) is 1. The number of ether oxygens (including phenoxy) is 1. The van der Waals surface area contributed by atoms with E-state index in [-0.39, 0.29) is 11.8 Å². The molecule has 1 saturated heterocycles. The number of guanidine groups is 1. The highest BCUT2D eigenvalue weighted by molar-refractivity contribution is 5.81. The van der Waals surface area contributed by atoms with E-state index in [4.69, 9.17) is 4.74 Å². The van der Waals surface area contributed by atoms with E-state index in [2.05, 4.69) is 27.9 Å². The van der Waals surface area contributed by atoms with Gasteiger partial charge in [0, 0.05) is 43.0 Å². The first-order chi connectivity index (χ1) is 11.7. The van der Waals surface area contributed by atoms with Gasteiger partial charge in [-0.15, -0.1) is 0 Å². The van der Waals surface area contributed by atoms with Crippen molar-refractivity contribution in [1.29, 1.82) is 0 Å². The van der Waals surface area contributed by atoms with E-state index in [1.165, 1.54) is 25.7 Å².